The van der Waals surface area contributed by atoms with Gasteiger partial charge in [0.15, 0.2) is 0 Å². The number of anilines is 1. The summed E-state index contributed by atoms with van der Waals surface area (Å²) in [5.74, 6) is 1.60. The Hall–Kier alpha value is -2.21. The highest BCUT2D eigenvalue weighted by Crippen LogP contribution is 2.27. The number of likely N-dealkylation sites (tertiary alicyclic amines) is 1. The number of ether oxygens (including phenoxy) is 2. The zero-order valence-electron chi connectivity index (χ0n) is 13.6. The third-order valence-electron chi connectivity index (χ3n) is 4.19. The summed E-state index contributed by atoms with van der Waals surface area (Å²) < 4.78 is 15.5. The molecule has 0 atom stereocenters. The van der Waals surface area contributed by atoms with Gasteiger partial charge in [-0.25, -0.2) is 0 Å². The SMILES string of the molecule is COc1cc(NC2CCN(Cc3ccon3)CC2)cc(OC)c1. The minimum atomic E-state index is 0.459. The monoisotopic (exact) mass is 317 g/mol. The van der Waals surface area contributed by atoms with Gasteiger partial charge in [0.05, 0.1) is 19.9 Å². The van der Waals surface area contributed by atoms with Crippen molar-refractivity contribution in [3.8, 4) is 11.5 Å². The zero-order valence-corrected chi connectivity index (χ0v) is 13.6. The summed E-state index contributed by atoms with van der Waals surface area (Å²) >= 11 is 0. The van der Waals surface area contributed by atoms with Crippen molar-refractivity contribution in [2.45, 2.75) is 25.4 Å². The van der Waals surface area contributed by atoms with E-state index in [1.54, 1.807) is 20.5 Å². The second-order valence-electron chi connectivity index (χ2n) is 5.79. The predicted octanol–water partition coefficient (Wildman–Crippen LogP) is 2.77. The number of piperidine rings is 1. The topological polar surface area (TPSA) is 59.8 Å². The van der Waals surface area contributed by atoms with Crippen LogP contribution in [0.25, 0.3) is 0 Å². The number of rotatable bonds is 6. The minimum absolute atomic E-state index is 0.459. The van der Waals surface area contributed by atoms with Crippen LogP contribution >= 0.6 is 0 Å². The van der Waals surface area contributed by atoms with E-state index in [-0.39, 0.29) is 0 Å². The smallest absolute Gasteiger partial charge is 0.124 e. The van der Waals surface area contributed by atoms with Gasteiger partial charge in [0.2, 0.25) is 0 Å². The van der Waals surface area contributed by atoms with Crippen LogP contribution in [0, 0.1) is 0 Å². The number of methoxy groups -OCH3 is 2. The van der Waals surface area contributed by atoms with Crippen LogP contribution in [0.4, 0.5) is 5.69 Å². The number of hydrogen-bond donors (Lipinski definition) is 1. The molecular formula is C17H23N3O3. The van der Waals surface area contributed by atoms with E-state index in [2.05, 4.69) is 15.4 Å². The van der Waals surface area contributed by atoms with E-state index >= 15 is 0 Å². The lowest BCUT2D eigenvalue weighted by Gasteiger charge is -2.32. The zero-order chi connectivity index (χ0) is 16.1. The lowest BCUT2D eigenvalue weighted by atomic mass is 10.0. The van der Waals surface area contributed by atoms with Gasteiger partial charge in [0, 0.05) is 55.6 Å². The van der Waals surface area contributed by atoms with Crippen LogP contribution in [-0.2, 0) is 6.54 Å². The second-order valence-corrected chi connectivity index (χ2v) is 5.79. The first kappa shape index (κ1) is 15.7. The highest BCUT2D eigenvalue weighted by atomic mass is 16.5. The van der Waals surface area contributed by atoms with Gasteiger partial charge in [-0.3, -0.25) is 4.90 Å². The first-order valence-corrected chi connectivity index (χ1v) is 7.88. The molecular weight excluding hydrogens is 294 g/mol. The maximum Gasteiger partial charge on any atom is 0.124 e. The summed E-state index contributed by atoms with van der Waals surface area (Å²) in [7, 11) is 3.34. The highest BCUT2D eigenvalue weighted by molar-refractivity contribution is 5.54. The molecule has 6 nitrogen and oxygen atoms in total. The number of nitrogens with one attached hydrogen (secondary N) is 1. The minimum Gasteiger partial charge on any atom is -0.497 e. The van der Waals surface area contributed by atoms with E-state index in [1.807, 2.05) is 24.3 Å². The van der Waals surface area contributed by atoms with Crippen LogP contribution in [0.2, 0.25) is 0 Å². The summed E-state index contributed by atoms with van der Waals surface area (Å²) in [6.07, 6.45) is 3.81. The van der Waals surface area contributed by atoms with Crippen molar-refractivity contribution in [2.24, 2.45) is 0 Å². The van der Waals surface area contributed by atoms with Crippen molar-refractivity contribution >= 4 is 5.69 Å². The molecule has 0 unspecified atom stereocenters. The van der Waals surface area contributed by atoms with Crippen molar-refractivity contribution in [3.63, 3.8) is 0 Å². The predicted molar refractivity (Wildman–Crippen MR) is 88.0 cm³/mol. The lowest BCUT2D eigenvalue weighted by molar-refractivity contribution is 0.206. The summed E-state index contributed by atoms with van der Waals surface area (Å²) in [5, 5.41) is 7.56. The number of hydrogen-bond acceptors (Lipinski definition) is 6. The second kappa shape index (κ2) is 7.37. The Labute approximate surface area is 136 Å². The molecule has 124 valence electrons. The fraction of sp³-hybridized carbons (Fsp3) is 0.471. The van der Waals surface area contributed by atoms with E-state index < -0.39 is 0 Å². The van der Waals surface area contributed by atoms with E-state index in [9.17, 15) is 0 Å². The molecule has 23 heavy (non-hydrogen) atoms. The summed E-state index contributed by atoms with van der Waals surface area (Å²) in [5.41, 5.74) is 2.03. The summed E-state index contributed by atoms with van der Waals surface area (Å²) in [6.45, 7) is 2.95. The van der Waals surface area contributed by atoms with Crippen LogP contribution in [0.1, 0.15) is 18.5 Å². The first-order chi connectivity index (χ1) is 11.3. The van der Waals surface area contributed by atoms with Gasteiger partial charge in [0.1, 0.15) is 17.8 Å². The Morgan fingerprint density at radius 3 is 2.43 bits per heavy atom. The average molecular weight is 317 g/mol. The van der Waals surface area contributed by atoms with Gasteiger partial charge in [-0.15, -0.1) is 0 Å². The van der Waals surface area contributed by atoms with Gasteiger partial charge in [-0.05, 0) is 12.8 Å². The average Bonchev–Trinajstić information content (AvgIpc) is 3.09. The molecule has 0 bridgehead atoms. The first-order valence-electron chi connectivity index (χ1n) is 7.88. The maximum atomic E-state index is 5.32. The van der Waals surface area contributed by atoms with Crippen molar-refractivity contribution in [1.82, 2.24) is 10.1 Å². The Balaban J connectivity index is 1.54. The van der Waals surface area contributed by atoms with Crippen LogP contribution in [0.5, 0.6) is 11.5 Å². The Kier molecular flexibility index (Phi) is 5.02. The number of nitrogens with zero attached hydrogens (tertiary/aromatic N) is 2. The van der Waals surface area contributed by atoms with E-state index in [1.165, 1.54) is 0 Å². The molecule has 6 heteroatoms. The molecule has 1 aromatic carbocycles. The van der Waals surface area contributed by atoms with Gasteiger partial charge in [-0.1, -0.05) is 5.16 Å². The van der Waals surface area contributed by atoms with Gasteiger partial charge >= 0.3 is 0 Å². The van der Waals surface area contributed by atoms with E-state index in [4.69, 9.17) is 14.0 Å². The third-order valence-corrected chi connectivity index (χ3v) is 4.19. The fourth-order valence-corrected chi connectivity index (χ4v) is 2.91. The normalized spacial score (nSPS) is 16.3. The third kappa shape index (κ3) is 4.16. The Morgan fingerprint density at radius 2 is 1.87 bits per heavy atom. The quantitative estimate of drug-likeness (QED) is 0.884. The summed E-state index contributed by atoms with van der Waals surface area (Å²) in [4.78, 5) is 2.40. The van der Waals surface area contributed by atoms with Gasteiger partial charge in [-0.2, -0.15) is 0 Å². The van der Waals surface area contributed by atoms with Crippen molar-refractivity contribution < 1.29 is 14.0 Å². The van der Waals surface area contributed by atoms with E-state index in [0.29, 0.717) is 6.04 Å². The fourth-order valence-electron chi connectivity index (χ4n) is 2.91. The molecule has 0 radical (unpaired) electrons. The van der Waals surface area contributed by atoms with Crippen LogP contribution in [0.15, 0.2) is 35.1 Å². The molecule has 1 aromatic heterocycles. The Bertz CT molecular complexity index is 585. The molecule has 1 fully saturated rings. The molecule has 0 saturated carbocycles. The number of benzene rings is 1. The molecule has 1 N–H and O–H groups in total. The highest BCUT2D eigenvalue weighted by Gasteiger charge is 2.20. The van der Waals surface area contributed by atoms with Crippen LogP contribution in [0.3, 0.4) is 0 Å². The largest absolute Gasteiger partial charge is 0.497 e. The Morgan fingerprint density at radius 1 is 1.17 bits per heavy atom. The van der Waals surface area contributed by atoms with Crippen molar-refractivity contribution in [1.29, 1.82) is 0 Å². The van der Waals surface area contributed by atoms with Crippen LogP contribution < -0.4 is 14.8 Å². The van der Waals surface area contributed by atoms with Gasteiger partial charge < -0.3 is 19.3 Å². The molecule has 0 amide bonds. The molecule has 3 rings (SSSR count). The molecule has 2 aromatic rings. The molecule has 1 aliphatic rings. The molecule has 1 aliphatic heterocycles. The number of aromatic nitrogens is 1. The molecule has 2 heterocycles. The van der Waals surface area contributed by atoms with E-state index in [0.717, 1.165) is 55.4 Å². The molecule has 1 saturated heterocycles. The lowest BCUT2D eigenvalue weighted by Crippen LogP contribution is -2.38. The molecule has 0 aliphatic carbocycles. The summed E-state index contributed by atoms with van der Waals surface area (Å²) in [6, 6.07) is 8.27. The van der Waals surface area contributed by atoms with Crippen LogP contribution in [-0.4, -0.2) is 43.4 Å². The molecule has 0 spiro atoms. The van der Waals surface area contributed by atoms with Crippen molar-refractivity contribution in [2.75, 3.05) is 32.6 Å². The maximum absolute atomic E-state index is 5.32. The van der Waals surface area contributed by atoms with Gasteiger partial charge in [0.25, 0.3) is 0 Å². The van der Waals surface area contributed by atoms with Crippen molar-refractivity contribution in [3.05, 3.63) is 36.2 Å². The standard InChI is InChI=1S/C17H23N3O3/c1-21-16-9-15(10-17(11-16)22-2)18-13-3-6-20(7-4-13)12-14-5-8-23-19-14/h5,8-11,13,18H,3-4,6-7,12H2,1-2H3.